The van der Waals surface area contributed by atoms with Crippen LogP contribution in [0.4, 0.5) is 11.4 Å². The third-order valence-electron chi connectivity index (χ3n) is 4.58. The smallest absolute Gasteiger partial charge is 0.257 e. The molecule has 0 aromatic carbocycles. The number of pyridine rings is 2. The molecule has 0 saturated carbocycles. The van der Waals surface area contributed by atoms with E-state index in [-0.39, 0.29) is 11.9 Å². The maximum atomic E-state index is 12.5. The lowest BCUT2D eigenvalue weighted by Gasteiger charge is -2.33. The van der Waals surface area contributed by atoms with Gasteiger partial charge in [-0.15, -0.1) is 0 Å². The Morgan fingerprint density at radius 2 is 2.31 bits per heavy atom. The number of fused-ring (bicyclic) bond motifs is 1. The van der Waals surface area contributed by atoms with Crippen molar-refractivity contribution in [3.8, 4) is 0 Å². The molecule has 0 radical (unpaired) electrons. The Hall–Kier alpha value is -2.45. The van der Waals surface area contributed by atoms with Crippen LogP contribution in [0.2, 0.25) is 0 Å². The minimum Gasteiger partial charge on any atom is -0.368 e. The van der Waals surface area contributed by atoms with Crippen LogP contribution in [0.15, 0.2) is 41.4 Å². The van der Waals surface area contributed by atoms with Gasteiger partial charge in [-0.05, 0) is 40.9 Å². The van der Waals surface area contributed by atoms with Crippen LogP contribution in [0.1, 0.15) is 23.2 Å². The highest BCUT2D eigenvalue weighted by Gasteiger charge is 2.24. The van der Waals surface area contributed by atoms with E-state index in [1.165, 1.54) is 0 Å². The van der Waals surface area contributed by atoms with E-state index in [0.717, 1.165) is 47.1 Å². The van der Waals surface area contributed by atoms with Gasteiger partial charge in [0.15, 0.2) is 0 Å². The van der Waals surface area contributed by atoms with Gasteiger partial charge >= 0.3 is 0 Å². The van der Waals surface area contributed by atoms with E-state index in [0.29, 0.717) is 11.3 Å². The van der Waals surface area contributed by atoms with Gasteiger partial charge in [-0.1, -0.05) is 0 Å². The predicted octanol–water partition coefficient (Wildman–Crippen LogP) is 2.90. The summed E-state index contributed by atoms with van der Waals surface area (Å²) in [5, 5.41) is 3.85. The van der Waals surface area contributed by atoms with E-state index in [9.17, 15) is 4.79 Å². The molecule has 7 nitrogen and oxygen atoms in total. The lowest BCUT2D eigenvalue weighted by Crippen LogP contribution is -2.43. The highest BCUT2D eigenvalue weighted by atomic mass is 79.9. The predicted molar refractivity (Wildman–Crippen MR) is 105 cm³/mol. The summed E-state index contributed by atoms with van der Waals surface area (Å²) in [7, 11) is 0. The molecular weight excluding hydrogens is 396 g/mol. The molecule has 1 fully saturated rings. The number of carbonyl (C=O) groups is 1. The van der Waals surface area contributed by atoms with Crippen LogP contribution in [0.5, 0.6) is 0 Å². The van der Waals surface area contributed by atoms with Crippen molar-refractivity contribution in [1.29, 1.82) is 0 Å². The van der Waals surface area contributed by atoms with Crippen LogP contribution >= 0.6 is 15.9 Å². The first kappa shape index (κ1) is 17.0. The molecule has 4 N–H and O–H groups in total. The quantitative estimate of drug-likeness (QED) is 0.611. The maximum absolute atomic E-state index is 12.5. The number of aromatic nitrogens is 3. The van der Waals surface area contributed by atoms with Crippen molar-refractivity contribution in [3.63, 3.8) is 0 Å². The van der Waals surface area contributed by atoms with Crippen molar-refractivity contribution >= 4 is 44.2 Å². The van der Waals surface area contributed by atoms with E-state index in [1.54, 1.807) is 36.9 Å². The van der Waals surface area contributed by atoms with Gasteiger partial charge in [-0.25, -0.2) is 4.98 Å². The second-order valence-electron chi connectivity index (χ2n) is 6.42. The zero-order valence-corrected chi connectivity index (χ0v) is 15.7. The van der Waals surface area contributed by atoms with E-state index < -0.39 is 0 Å². The molecular formula is C18H19BrN6O. The van der Waals surface area contributed by atoms with Crippen LogP contribution in [0, 0.1) is 0 Å². The Kier molecular flexibility index (Phi) is 4.60. The molecule has 4 heterocycles. The van der Waals surface area contributed by atoms with Crippen molar-refractivity contribution in [1.82, 2.24) is 15.0 Å². The monoisotopic (exact) mass is 414 g/mol. The second kappa shape index (κ2) is 7.05. The number of aromatic amines is 1. The van der Waals surface area contributed by atoms with Crippen molar-refractivity contribution in [2.45, 2.75) is 18.9 Å². The molecule has 8 heteroatoms. The summed E-state index contributed by atoms with van der Waals surface area (Å²) in [6, 6.07) is 3.62. The number of piperidine rings is 1. The molecule has 0 unspecified atom stereocenters. The Morgan fingerprint density at radius 1 is 1.42 bits per heavy atom. The summed E-state index contributed by atoms with van der Waals surface area (Å²) in [6.07, 6.45) is 8.80. The fourth-order valence-electron chi connectivity index (χ4n) is 3.37. The molecule has 1 aliphatic heterocycles. The molecule has 1 aliphatic rings. The Bertz CT molecular complexity index is 942. The molecule has 0 aliphatic carbocycles. The summed E-state index contributed by atoms with van der Waals surface area (Å²) in [6.45, 7) is 1.70. The average Bonchev–Trinajstić information content (AvgIpc) is 3.05. The number of nitrogens with zero attached hydrogens (tertiary/aromatic N) is 3. The SMILES string of the molecule is N[C@@H]1CCCN(c2c(Br)cnc3[nH]cc(NC(=O)c4cccnc4)c23)C1. The minimum absolute atomic E-state index is 0.145. The fraction of sp³-hybridized carbons (Fsp3) is 0.278. The Balaban J connectivity index is 1.74. The average molecular weight is 415 g/mol. The number of hydrogen-bond acceptors (Lipinski definition) is 5. The topological polar surface area (TPSA) is 99.9 Å². The first-order valence-corrected chi connectivity index (χ1v) is 9.30. The fourth-order valence-corrected chi connectivity index (χ4v) is 3.92. The molecule has 4 rings (SSSR count). The van der Waals surface area contributed by atoms with Gasteiger partial charge in [-0.3, -0.25) is 9.78 Å². The number of anilines is 2. The summed E-state index contributed by atoms with van der Waals surface area (Å²) < 4.78 is 0.885. The molecule has 3 aromatic heterocycles. The highest BCUT2D eigenvalue weighted by Crippen LogP contribution is 2.38. The van der Waals surface area contributed by atoms with Gasteiger partial charge in [0.2, 0.25) is 0 Å². The second-order valence-corrected chi connectivity index (χ2v) is 7.28. The van der Waals surface area contributed by atoms with E-state index in [2.05, 4.69) is 41.1 Å². The van der Waals surface area contributed by atoms with Gasteiger partial charge < -0.3 is 20.9 Å². The van der Waals surface area contributed by atoms with Crippen LogP contribution in [0.3, 0.4) is 0 Å². The lowest BCUT2D eigenvalue weighted by atomic mass is 10.1. The molecule has 1 amide bonds. The molecule has 1 saturated heterocycles. The molecule has 0 spiro atoms. The zero-order chi connectivity index (χ0) is 18.1. The maximum Gasteiger partial charge on any atom is 0.257 e. The lowest BCUT2D eigenvalue weighted by molar-refractivity contribution is 0.102. The van der Waals surface area contributed by atoms with Gasteiger partial charge in [0, 0.05) is 43.9 Å². The van der Waals surface area contributed by atoms with E-state index >= 15 is 0 Å². The van der Waals surface area contributed by atoms with E-state index in [4.69, 9.17) is 5.73 Å². The number of rotatable bonds is 3. The van der Waals surface area contributed by atoms with Crippen LogP contribution in [-0.4, -0.2) is 40.0 Å². The van der Waals surface area contributed by atoms with Crippen molar-refractivity contribution in [3.05, 3.63) is 47.0 Å². The summed E-state index contributed by atoms with van der Waals surface area (Å²) >= 11 is 3.62. The van der Waals surface area contributed by atoms with Gasteiger partial charge in [0.1, 0.15) is 5.65 Å². The summed E-state index contributed by atoms with van der Waals surface area (Å²) in [5.74, 6) is -0.208. The van der Waals surface area contributed by atoms with Gasteiger partial charge in [0.25, 0.3) is 5.91 Å². The van der Waals surface area contributed by atoms with Crippen molar-refractivity contribution < 1.29 is 4.79 Å². The first-order chi connectivity index (χ1) is 12.6. The number of nitrogens with two attached hydrogens (primary N) is 1. The number of nitrogens with one attached hydrogen (secondary N) is 2. The molecule has 1 atom stereocenters. The molecule has 26 heavy (non-hydrogen) atoms. The van der Waals surface area contributed by atoms with Gasteiger partial charge in [0.05, 0.1) is 26.8 Å². The summed E-state index contributed by atoms with van der Waals surface area (Å²) in [5.41, 5.74) is 9.10. The first-order valence-electron chi connectivity index (χ1n) is 8.51. The molecule has 0 bridgehead atoms. The summed E-state index contributed by atoms with van der Waals surface area (Å²) in [4.78, 5) is 26.4. The largest absolute Gasteiger partial charge is 0.368 e. The van der Waals surface area contributed by atoms with E-state index in [1.807, 2.05) is 0 Å². The van der Waals surface area contributed by atoms with Crippen molar-refractivity contribution in [2.24, 2.45) is 5.73 Å². The zero-order valence-electron chi connectivity index (χ0n) is 14.1. The number of hydrogen-bond donors (Lipinski definition) is 3. The number of H-pyrrole nitrogens is 1. The standard InChI is InChI=1S/C18H19BrN6O/c19-13-8-22-17-15(16(13)25-6-2-4-12(20)10-25)14(9-23-17)24-18(26)11-3-1-5-21-7-11/h1,3,5,7-9,12H,2,4,6,10,20H2,(H,22,23)(H,24,26)/t12-/m1/s1. The Labute approximate surface area is 159 Å². The normalized spacial score (nSPS) is 17.5. The number of halogens is 1. The highest BCUT2D eigenvalue weighted by molar-refractivity contribution is 9.10. The van der Waals surface area contributed by atoms with Gasteiger partial charge in [-0.2, -0.15) is 0 Å². The minimum atomic E-state index is -0.208. The van der Waals surface area contributed by atoms with Crippen molar-refractivity contribution in [2.75, 3.05) is 23.3 Å². The number of carbonyl (C=O) groups excluding carboxylic acids is 1. The number of amides is 1. The third-order valence-corrected chi connectivity index (χ3v) is 5.16. The van der Waals surface area contributed by atoms with Crippen LogP contribution in [-0.2, 0) is 0 Å². The molecule has 3 aromatic rings. The Morgan fingerprint density at radius 3 is 3.08 bits per heavy atom. The van der Waals surface area contributed by atoms with Crippen LogP contribution < -0.4 is 16.0 Å². The third kappa shape index (κ3) is 3.17. The van der Waals surface area contributed by atoms with Crippen LogP contribution in [0.25, 0.3) is 11.0 Å². The molecule has 134 valence electrons.